The van der Waals surface area contributed by atoms with Crippen LogP contribution < -0.4 is 11.0 Å². The van der Waals surface area contributed by atoms with E-state index in [9.17, 15) is 14.7 Å². The Bertz CT molecular complexity index is 1270. The zero-order valence-corrected chi connectivity index (χ0v) is 27.6. The van der Waals surface area contributed by atoms with Gasteiger partial charge in [0.2, 0.25) is 0 Å². The molecule has 2 saturated heterocycles. The number of anilines is 1. The first kappa shape index (κ1) is 31.7. The third kappa shape index (κ3) is 5.75. The Kier molecular flexibility index (Phi) is 9.15. The predicted molar refractivity (Wildman–Crippen MR) is 161 cm³/mol. The summed E-state index contributed by atoms with van der Waals surface area (Å²) in [4.78, 5) is 29.9. The quantitative estimate of drug-likeness (QED) is 0.420. The first-order valence-electron chi connectivity index (χ1n) is 14.5. The molecule has 226 valence electrons. The van der Waals surface area contributed by atoms with Crippen LogP contribution in [0.3, 0.4) is 0 Å². The second-order valence-electron chi connectivity index (χ2n) is 12.6. The van der Waals surface area contributed by atoms with E-state index in [2.05, 4.69) is 65.7 Å². The van der Waals surface area contributed by atoms with Gasteiger partial charge in [-0.1, -0.05) is 73.6 Å². The van der Waals surface area contributed by atoms with Gasteiger partial charge in [0.25, 0.3) is 5.91 Å². The molecule has 4 atom stereocenters. The SMILES string of the molecule is CC(C)[Si]1(C(C)C)OC[C@@H]2O[C@@H](n3ccc(NC(=O)c4ccccc4)nc3=O)C(C)(O)[C@H]2O[Si](C(C)C)(C(C)C)O1. The lowest BCUT2D eigenvalue weighted by Gasteiger charge is -2.52. The van der Waals surface area contributed by atoms with Crippen molar-refractivity contribution >= 4 is 28.8 Å². The van der Waals surface area contributed by atoms with Gasteiger partial charge >= 0.3 is 22.8 Å². The molecule has 2 N–H and O–H groups in total. The third-order valence-electron chi connectivity index (χ3n) is 8.40. The average Bonchev–Trinajstić information content (AvgIpc) is 3.12. The van der Waals surface area contributed by atoms with Crippen LogP contribution in [-0.2, 0) is 17.7 Å². The van der Waals surface area contributed by atoms with Crippen LogP contribution in [0.1, 0.15) is 78.9 Å². The van der Waals surface area contributed by atoms with E-state index in [-0.39, 0.29) is 40.5 Å². The molecular weight excluding hydrogens is 559 g/mol. The van der Waals surface area contributed by atoms with Crippen LogP contribution in [-0.4, -0.2) is 62.1 Å². The molecule has 1 amide bonds. The highest BCUT2D eigenvalue weighted by Gasteiger charge is 2.64. The van der Waals surface area contributed by atoms with E-state index in [4.69, 9.17) is 17.7 Å². The van der Waals surface area contributed by atoms with Crippen molar-refractivity contribution in [2.75, 3.05) is 11.9 Å². The Morgan fingerprint density at radius 1 is 1.00 bits per heavy atom. The van der Waals surface area contributed by atoms with Gasteiger partial charge in [0, 0.05) is 11.8 Å². The molecule has 2 aliphatic heterocycles. The molecule has 3 heterocycles. The number of aromatic nitrogens is 2. The fourth-order valence-corrected chi connectivity index (χ4v) is 17.4. The summed E-state index contributed by atoms with van der Waals surface area (Å²) in [6.45, 7) is 18.8. The van der Waals surface area contributed by atoms with E-state index in [1.54, 1.807) is 31.2 Å². The molecule has 0 saturated carbocycles. The van der Waals surface area contributed by atoms with Crippen molar-refractivity contribution in [3.63, 3.8) is 0 Å². The lowest BCUT2D eigenvalue weighted by atomic mass is 9.96. The lowest BCUT2D eigenvalue weighted by Crippen LogP contribution is -2.67. The summed E-state index contributed by atoms with van der Waals surface area (Å²) in [5.41, 5.74) is -1.36. The summed E-state index contributed by atoms with van der Waals surface area (Å²) >= 11 is 0. The molecule has 1 unspecified atom stereocenters. The Hall–Kier alpha value is -2.20. The minimum absolute atomic E-state index is 0.0703. The number of fused-ring (bicyclic) bond motifs is 1. The molecule has 12 heteroatoms. The van der Waals surface area contributed by atoms with E-state index in [1.165, 1.54) is 16.8 Å². The first-order chi connectivity index (χ1) is 19.2. The predicted octanol–water partition coefficient (Wildman–Crippen LogP) is 5.10. The van der Waals surface area contributed by atoms with Gasteiger partial charge in [-0.25, -0.2) is 4.79 Å². The molecule has 0 spiro atoms. The largest absolute Gasteiger partial charge is 0.414 e. The minimum Gasteiger partial charge on any atom is -0.414 e. The molecule has 0 radical (unpaired) electrons. The maximum absolute atomic E-state index is 13.2. The van der Waals surface area contributed by atoms with Gasteiger partial charge in [0.15, 0.2) is 6.23 Å². The van der Waals surface area contributed by atoms with Crippen molar-refractivity contribution in [2.45, 2.75) is 109 Å². The molecule has 0 aliphatic carbocycles. The van der Waals surface area contributed by atoms with Gasteiger partial charge in [-0.2, -0.15) is 4.98 Å². The van der Waals surface area contributed by atoms with E-state index < -0.39 is 46.8 Å². The zero-order valence-electron chi connectivity index (χ0n) is 25.6. The summed E-state index contributed by atoms with van der Waals surface area (Å²) < 4.78 is 28.6. The van der Waals surface area contributed by atoms with Crippen LogP contribution in [0.15, 0.2) is 47.4 Å². The second-order valence-corrected chi connectivity index (χ2v) is 21.4. The van der Waals surface area contributed by atoms with Crippen LogP contribution in [0.5, 0.6) is 0 Å². The van der Waals surface area contributed by atoms with Gasteiger partial charge in [0.1, 0.15) is 23.6 Å². The maximum Gasteiger partial charge on any atom is 0.351 e. The summed E-state index contributed by atoms with van der Waals surface area (Å²) in [6.07, 6.45) is -1.03. The smallest absolute Gasteiger partial charge is 0.351 e. The zero-order chi connectivity index (χ0) is 30.3. The van der Waals surface area contributed by atoms with Crippen molar-refractivity contribution in [2.24, 2.45) is 0 Å². The third-order valence-corrected chi connectivity index (χ3v) is 18.6. The maximum atomic E-state index is 13.2. The molecule has 1 aromatic heterocycles. The summed E-state index contributed by atoms with van der Waals surface area (Å²) in [5.74, 6) is -0.275. The number of amides is 1. The summed E-state index contributed by atoms with van der Waals surface area (Å²) in [7, 11) is -5.81. The Labute approximate surface area is 244 Å². The number of nitrogens with zero attached hydrogens (tertiary/aromatic N) is 2. The van der Waals surface area contributed by atoms with Crippen molar-refractivity contribution in [1.82, 2.24) is 9.55 Å². The van der Waals surface area contributed by atoms with Crippen molar-refractivity contribution in [1.29, 1.82) is 0 Å². The number of carbonyl (C=O) groups is 1. The Morgan fingerprint density at radius 2 is 1.59 bits per heavy atom. The van der Waals surface area contributed by atoms with Crippen LogP contribution in [0, 0.1) is 0 Å². The van der Waals surface area contributed by atoms with Gasteiger partial charge < -0.3 is 28.1 Å². The van der Waals surface area contributed by atoms with Crippen molar-refractivity contribution in [3.05, 3.63) is 58.6 Å². The van der Waals surface area contributed by atoms with Crippen molar-refractivity contribution < 1.29 is 27.6 Å². The van der Waals surface area contributed by atoms with E-state index in [0.29, 0.717) is 5.56 Å². The minimum atomic E-state index is -3.01. The Balaban J connectivity index is 1.69. The fraction of sp³-hybridized carbons (Fsp3) is 0.621. The number of hydrogen-bond acceptors (Lipinski definition) is 8. The first-order valence-corrected chi connectivity index (χ1v) is 18.4. The molecule has 2 fully saturated rings. The van der Waals surface area contributed by atoms with Gasteiger partial charge in [-0.15, -0.1) is 0 Å². The highest BCUT2D eigenvalue weighted by molar-refractivity contribution is 6.84. The highest BCUT2D eigenvalue weighted by Crippen LogP contribution is 2.50. The molecule has 4 rings (SSSR count). The van der Waals surface area contributed by atoms with Crippen LogP contribution in [0.2, 0.25) is 22.2 Å². The number of hydrogen-bond donors (Lipinski definition) is 2. The molecule has 0 bridgehead atoms. The number of ether oxygens (including phenoxy) is 1. The lowest BCUT2D eigenvalue weighted by molar-refractivity contribution is -0.0973. The van der Waals surface area contributed by atoms with E-state index >= 15 is 0 Å². The van der Waals surface area contributed by atoms with Gasteiger partial charge in [-0.05, 0) is 47.3 Å². The fourth-order valence-electron chi connectivity index (χ4n) is 6.12. The van der Waals surface area contributed by atoms with Crippen LogP contribution in [0.25, 0.3) is 0 Å². The second kappa shape index (κ2) is 11.8. The van der Waals surface area contributed by atoms with Gasteiger partial charge in [-0.3, -0.25) is 9.36 Å². The number of rotatable bonds is 7. The Morgan fingerprint density at radius 3 is 2.12 bits per heavy atom. The molecule has 1 aromatic carbocycles. The molecule has 2 aromatic rings. The normalized spacial score (nSPS) is 27.6. The molecule has 2 aliphatic rings. The van der Waals surface area contributed by atoms with Crippen LogP contribution in [0.4, 0.5) is 5.82 Å². The van der Waals surface area contributed by atoms with Crippen molar-refractivity contribution in [3.8, 4) is 0 Å². The molecule has 41 heavy (non-hydrogen) atoms. The summed E-state index contributed by atoms with van der Waals surface area (Å²) in [5, 5.41) is 14.6. The number of aliphatic hydroxyl groups is 1. The topological polar surface area (TPSA) is 121 Å². The molecular formula is C29H45N3O7Si2. The van der Waals surface area contributed by atoms with E-state index in [0.717, 1.165) is 0 Å². The van der Waals surface area contributed by atoms with Crippen LogP contribution >= 0.6 is 0 Å². The number of carbonyl (C=O) groups excluding carboxylic acids is 1. The number of nitrogens with one attached hydrogen (secondary N) is 1. The summed E-state index contributed by atoms with van der Waals surface area (Å²) in [6, 6.07) is 10.2. The standard InChI is InChI=1S/C29H45N3O7Si2/c1-18(2)40(19(3)4)36-17-23-25(38-41(39-40,20(5)6)21(7)8)29(9,35)27(37-23)32-16-15-24(31-28(32)34)30-26(33)22-13-11-10-12-14-22/h10-16,18-21,23,25,27,35H,17H2,1-9H3,(H,30,31,33,34)/t23-,25-,27+,29?/m0/s1. The molecule has 10 nitrogen and oxygen atoms in total. The van der Waals surface area contributed by atoms with E-state index in [1.807, 2.05) is 6.07 Å². The number of benzene rings is 1. The highest BCUT2D eigenvalue weighted by atomic mass is 28.5. The average molecular weight is 604 g/mol. The monoisotopic (exact) mass is 603 g/mol. The van der Waals surface area contributed by atoms with Gasteiger partial charge in [0.05, 0.1) is 6.61 Å².